The van der Waals surface area contributed by atoms with Crippen molar-refractivity contribution < 1.29 is 23.9 Å². The third kappa shape index (κ3) is 5.76. The first-order valence-electron chi connectivity index (χ1n) is 9.99. The van der Waals surface area contributed by atoms with Crippen LogP contribution in [-0.2, 0) is 14.3 Å². The summed E-state index contributed by atoms with van der Waals surface area (Å²) in [5.41, 5.74) is 6.80. The molecule has 2 N–H and O–H groups in total. The van der Waals surface area contributed by atoms with Gasteiger partial charge in [-0.1, -0.05) is 18.2 Å². The lowest BCUT2D eigenvalue weighted by Gasteiger charge is -2.12. The van der Waals surface area contributed by atoms with Gasteiger partial charge in [-0.25, -0.2) is 9.79 Å². The molecule has 1 aliphatic heterocycles. The molecule has 1 aliphatic rings. The Labute approximate surface area is 190 Å². The van der Waals surface area contributed by atoms with E-state index in [1.54, 1.807) is 60.4 Å². The lowest BCUT2D eigenvalue weighted by Crippen LogP contribution is -2.28. The van der Waals surface area contributed by atoms with Crippen molar-refractivity contribution in [3.8, 4) is 5.75 Å². The van der Waals surface area contributed by atoms with Gasteiger partial charge in [0.1, 0.15) is 5.75 Å². The molecule has 0 bridgehead atoms. The topological polar surface area (TPSA) is 111 Å². The average Bonchev–Trinajstić information content (AvgIpc) is 3.06. The molecular formula is C23H23N3O5S. The van der Waals surface area contributed by atoms with E-state index < -0.39 is 11.9 Å². The van der Waals surface area contributed by atoms with Gasteiger partial charge in [0.05, 0.1) is 22.8 Å². The van der Waals surface area contributed by atoms with E-state index in [1.807, 2.05) is 13.0 Å². The van der Waals surface area contributed by atoms with Crippen LogP contribution in [0, 0.1) is 0 Å². The minimum Gasteiger partial charge on any atom is -0.484 e. The van der Waals surface area contributed by atoms with Crippen molar-refractivity contribution in [3.63, 3.8) is 0 Å². The second-order valence-corrected chi connectivity index (χ2v) is 7.66. The van der Waals surface area contributed by atoms with Crippen molar-refractivity contribution in [3.05, 3.63) is 64.6 Å². The highest BCUT2D eigenvalue weighted by Gasteiger charge is 2.32. The van der Waals surface area contributed by atoms with E-state index in [0.29, 0.717) is 33.6 Å². The van der Waals surface area contributed by atoms with Crippen LogP contribution in [0.4, 0.5) is 5.69 Å². The van der Waals surface area contributed by atoms with E-state index in [9.17, 15) is 14.4 Å². The maximum Gasteiger partial charge on any atom is 0.338 e. The monoisotopic (exact) mass is 453 g/mol. The number of amidine groups is 1. The summed E-state index contributed by atoms with van der Waals surface area (Å²) in [5.74, 6) is -0.676. The normalized spacial score (nSPS) is 15.9. The van der Waals surface area contributed by atoms with Crippen LogP contribution in [0.2, 0.25) is 0 Å². The molecule has 0 aliphatic carbocycles. The third-order valence-corrected chi connectivity index (χ3v) is 5.33. The van der Waals surface area contributed by atoms with Crippen molar-refractivity contribution in [2.75, 3.05) is 19.8 Å². The van der Waals surface area contributed by atoms with E-state index >= 15 is 0 Å². The zero-order valence-corrected chi connectivity index (χ0v) is 18.6. The molecule has 0 unspecified atom stereocenters. The first kappa shape index (κ1) is 23.1. The van der Waals surface area contributed by atoms with Crippen molar-refractivity contribution in [2.24, 2.45) is 10.7 Å². The van der Waals surface area contributed by atoms with Gasteiger partial charge in [0.2, 0.25) is 0 Å². The zero-order chi connectivity index (χ0) is 23.1. The molecule has 1 fully saturated rings. The molecule has 32 heavy (non-hydrogen) atoms. The van der Waals surface area contributed by atoms with Crippen LogP contribution < -0.4 is 10.5 Å². The Morgan fingerprint density at radius 1 is 1.16 bits per heavy atom. The largest absolute Gasteiger partial charge is 0.484 e. The van der Waals surface area contributed by atoms with Crippen LogP contribution >= 0.6 is 11.8 Å². The van der Waals surface area contributed by atoms with Gasteiger partial charge in [0, 0.05) is 6.54 Å². The summed E-state index contributed by atoms with van der Waals surface area (Å²) >= 11 is 1.25. The minimum atomic E-state index is -0.568. The van der Waals surface area contributed by atoms with E-state index in [1.165, 1.54) is 11.8 Å². The summed E-state index contributed by atoms with van der Waals surface area (Å²) in [6.45, 7) is 4.12. The number of amides is 2. The highest BCUT2D eigenvalue weighted by molar-refractivity contribution is 8.18. The lowest BCUT2D eigenvalue weighted by atomic mass is 10.2. The Balaban J connectivity index is 1.85. The highest BCUT2D eigenvalue weighted by Crippen LogP contribution is 2.34. The van der Waals surface area contributed by atoms with Crippen LogP contribution in [0.1, 0.15) is 29.8 Å². The summed E-state index contributed by atoms with van der Waals surface area (Å²) in [6, 6.07) is 13.8. The average molecular weight is 454 g/mol. The van der Waals surface area contributed by atoms with Crippen molar-refractivity contribution >= 4 is 46.5 Å². The van der Waals surface area contributed by atoms with Crippen molar-refractivity contribution in [1.29, 1.82) is 0 Å². The number of aliphatic imine (C=N–C) groups is 1. The van der Waals surface area contributed by atoms with E-state index in [-0.39, 0.29) is 19.1 Å². The molecule has 2 aromatic rings. The number of carbonyl (C=O) groups is 3. The predicted molar refractivity (Wildman–Crippen MR) is 124 cm³/mol. The number of likely N-dealkylation sites (N-methyl/N-ethyl adjacent to an activating group) is 1. The molecule has 0 spiro atoms. The Bertz CT molecular complexity index is 1100. The summed E-state index contributed by atoms with van der Waals surface area (Å²) in [5, 5.41) is 0.519. The third-order valence-electron chi connectivity index (χ3n) is 4.32. The maximum atomic E-state index is 12.9. The van der Waals surface area contributed by atoms with Gasteiger partial charge in [-0.3, -0.25) is 14.5 Å². The van der Waals surface area contributed by atoms with Gasteiger partial charge in [-0.15, -0.1) is 0 Å². The maximum absolute atomic E-state index is 12.9. The number of rotatable bonds is 8. The van der Waals surface area contributed by atoms with E-state index in [4.69, 9.17) is 15.2 Å². The Morgan fingerprint density at radius 3 is 2.66 bits per heavy atom. The fraction of sp³-hybridized carbons (Fsp3) is 0.217. The molecule has 0 atom stereocenters. The van der Waals surface area contributed by atoms with Crippen LogP contribution in [0.5, 0.6) is 5.75 Å². The lowest BCUT2D eigenvalue weighted by molar-refractivity contribution is -0.122. The number of hydrogen-bond acceptors (Lipinski definition) is 7. The quantitative estimate of drug-likeness (QED) is 0.485. The van der Waals surface area contributed by atoms with Crippen molar-refractivity contribution in [1.82, 2.24) is 4.90 Å². The first-order chi connectivity index (χ1) is 15.4. The standard InChI is InChI=1S/C23H23N3O5S/c1-3-26-21(28)19(12-15-7-5-10-18(11-15)31-14-20(24)27)32-23(26)25-17-9-6-8-16(13-17)22(29)30-4-2/h5-13H,3-4,14H2,1-2H3,(H2,24,27). The SMILES string of the molecule is CCOC(=O)c1cccc(N=C2SC(=Cc3cccc(OCC(N)=O)c3)C(=O)N2CC)c1. The minimum absolute atomic E-state index is 0.166. The summed E-state index contributed by atoms with van der Waals surface area (Å²) < 4.78 is 10.4. The fourth-order valence-corrected chi connectivity index (χ4v) is 3.96. The molecule has 8 nitrogen and oxygen atoms in total. The molecule has 0 radical (unpaired) electrons. The summed E-state index contributed by atoms with van der Waals surface area (Å²) in [4.78, 5) is 42.4. The Morgan fingerprint density at radius 2 is 1.94 bits per heavy atom. The van der Waals surface area contributed by atoms with E-state index in [0.717, 1.165) is 5.56 Å². The number of thioether (sulfide) groups is 1. The van der Waals surface area contributed by atoms with Crippen LogP contribution in [0.25, 0.3) is 6.08 Å². The van der Waals surface area contributed by atoms with Gasteiger partial charge in [-0.05, 0) is 67.6 Å². The molecule has 2 aromatic carbocycles. The van der Waals surface area contributed by atoms with Gasteiger partial charge >= 0.3 is 5.97 Å². The highest BCUT2D eigenvalue weighted by atomic mass is 32.2. The van der Waals surface area contributed by atoms with Gasteiger partial charge < -0.3 is 15.2 Å². The van der Waals surface area contributed by atoms with Crippen LogP contribution in [0.15, 0.2) is 58.4 Å². The van der Waals surface area contributed by atoms with Crippen LogP contribution in [-0.4, -0.2) is 47.6 Å². The molecule has 0 aromatic heterocycles. The second-order valence-electron chi connectivity index (χ2n) is 6.65. The van der Waals surface area contributed by atoms with E-state index in [2.05, 4.69) is 4.99 Å². The van der Waals surface area contributed by atoms with Gasteiger partial charge in [0.25, 0.3) is 11.8 Å². The van der Waals surface area contributed by atoms with Gasteiger partial charge in [0.15, 0.2) is 11.8 Å². The Hall–Kier alpha value is -3.59. The molecule has 1 heterocycles. The Kier molecular flexibility index (Phi) is 7.67. The number of ether oxygens (including phenoxy) is 2. The number of carbonyl (C=O) groups excluding carboxylic acids is 3. The number of nitrogens with two attached hydrogens (primary N) is 1. The fourth-order valence-electron chi connectivity index (χ4n) is 2.90. The molecule has 9 heteroatoms. The van der Waals surface area contributed by atoms with Crippen molar-refractivity contribution in [2.45, 2.75) is 13.8 Å². The molecular weight excluding hydrogens is 430 g/mol. The molecule has 3 rings (SSSR count). The molecule has 166 valence electrons. The number of nitrogens with zero attached hydrogens (tertiary/aromatic N) is 2. The second kappa shape index (κ2) is 10.6. The molecule has 2 amide bonds. The van der Waals surface area contributed by atoms with Gasteiger partial charge in [-0.2, -0.15) is 0 Å². The number of benzene rings is 2. The summed E-state index contributed by atoms with van der Waals surface area (Å²) in [7, 11) is 0. The zero-order valence-electron chi connectivity index (χ0n) is 17.7. The smallest absolute Gasteiger partial charge is 0.338 e. The molecule has 1 saturated heterocycles. The number of esters is 1. The number of primary amides is 1. The summed E-state index contributed by atoms with van der Waals surface area (Å²) in [6.07, 6.45) is 1.74. The first-order valence-corrected chi connectivity index (χ1v) is 10.8. The van der Waals surface area contributed by atoms with Crippen LogP contribution in [0.3, 0.4) is 0 Å². The molecule has 0 saturated carbocycles. The predicted octanol–water partition coefficient (Wildman–Crippen LogP) is 3.35. The number of hydrogen-bond donors (Lipinski definition) is 1.